The van der Waals surface area contributed by atoms with Gasteiger partial charge in [-0.1, -0.05) is 30.3 Å². The van der Waals surface area contributed by atoms with Gasteiger partial charge in [-0.3, -0.25) is 4.79 Å². The largest absolute Gasteiger partial charge is 0.482 e. The zero-order valence-corrected chi connectivity index (χ0v) is 14.4. The average Bonchev–Trinajstić information content (AvgIpc) is 2.59. The number of aryl methyl sites for hydroxylation is 1. The minimum absolute atomic E-state index is 0.0102. The molecule has 128 valence electrons. The molecule has 0 spiro atoms. The summed E-state index contributed by atoms with van der Waals surface area (Å²) in [6.45, 7) is 2.67. The number of anilines is 1. The highest BCUT2D eigenvalue weighted by molar-refractivity contribution is 5.77. The first-order chi connectivity index (χ1) is 11.5. The number of amides is 1. The van der Waals surface area contributed by atoms with Gasteiger partial charge in [-0.25, -0.2) is 0 Å². The zero-order valence-electron chi connectivity index (χ0n) is 14.4. The van der Waals surface area contributed by atoms with E-state index in [2.05, 4.69) is 5.32 Å². The van der Waals surface area contributed by atoms with Crippen molar-refractivity contribution in [3.05, 3.63) is 59.2 Å². The Balaban J connectivity index is 2.04. The number of ether oxygens (including phenoxy) is 1. The molecule has 0 aromatic heterocycles. The molecule has 24 heavy (non-hydrogen) atoms. The molecule has 5 heteroatoms. The van der Waals surface area contributed by atoms with Gasteiger partial charge in [0.1, 0.15) is 5.75 Å². The zero-order chi connectivity index (χ0) is 17.5. The Hall–Kier alpha value is -2.53. The molecule has 0 bridgehead atoms. The molecule has 0 fully saturated rings. The normalized spacial score (nSPS) is 10.3. The predicted octanol–water partition coefficient (Wildman–Crippen LogP) is 2.57. The van der Waals surface area contributed by atoms with Crippen LogP contribution < -0.4 is 10.1 Å². The third-order valence-corrected chi connectivity index (χ3v) is 3.68. The standard InChI is InChI=1S/C19H24N2O3/c1-14-4-9-17(18(10-14)24-13-19(23)21(2)3)20-11-15-5-7-16(12-22)8-6-15/h4-10,20,22H,11-13H2,1-3H3. The van der Waals surface area contributed by atoms with Gasteiger partial charge >= 0.3 is 0 Å². The SMILES string of the molecule is Cc1ccc(NCc2ccc(CO)cc2)c(OCC(=O)N(C)C)c1. The van der Waals surface area contributed by atoms with E-state index in [1.165, 1.54) is 4.90 Å². The van der Waals surface area contributed by atoms with Crippen molar-refractivity contribution in [3.8, 4) is 5.75 Å². The van der Waals surface area contributed by atoms with Crippen LogP contribution in [0.5, 0.6) is 5.75 Å². The molecule has 0 saturated heterocycles. The van der Waals surface area contributed by atoms with Crippen molar-refractivity contribution in [2.45, 2.75) is 20.1 Å². The molecule has 0 aliphatic rings. The minimum atomic E-state index is -0.0814. The van der Waals surface area contributed by atoms with E-state index in [-0.39, 0.29) is 19.1 Å². The number of likely N-dealkylation sites (N-methyl/N-ethyl adjacent to an activating group) is 1. The van der Waals surface area contributed by atoms with Crippen molar-refractivity contribution in [2.24, 2.45) is 0 Å². The molecule has 2 N–H and O–H groups in total. The van der Waals surface area contributed by atoms with Gasteiger partial charge in [0.05, 0.1) is 12.3 Å². The lowest BCUT2D eigenvalue weighted by Gasteiger charge is -2.16. The first-order valence-corrected chi connectivity index (χ1v) is 7.85. The Kier molecular flexibility index (Phi) is 6.21. The van der Waals surface area contributed by atoms with Crippen LogP contribution in [0.2, 0.25) is 0 Å². The fourth-order valence-corrected chi connectivity index (χ4v) is 2.12. The first kappa shape index (κ1) is 17.8. The monoisotopic (exact) mass is 328 g/mol. The molecule has 0 atom stereocenters. The summed E-state index contributed by atoms with van der Waals surface area (Å²) in [5.74, 6) is 0.583. The fraction of sp³-hybridized carbons (Fsp3) is 0.316. The van der Waals surface area contributed by atoms with Gasteiger partial charge in [0.25, 0.3) is 5.91 Å². The second kappa shape index (κ2) is 8.36. The molecule has 5 nitrogen and oxygen atoms in total. The number of rotatable bonds is 7. The number of benzene rings is 2. The number of hydrogen-bond donors (Lipinski definition) is 2. The summed E-state index contributed by atoms with van der Waals surface area (Å²) in [5, 5.41) is 12.4. The summed E-state index contributed by atoms with van der Waals surface area (Å²) < 4.78 is 5.68. The molecule has 0 heterocycles. The van der Waals surface area contributed by atoms with E-state index in [0.29, 0.717) is 12.3 Å². The Labute approximate surface area is 142 Å². The molecular weight excluding hydrogens is 304 g/mol. The smallest absolute Gasteiger partial charge is 0.259 e. The molecule has 2 rings (SSSR count). The van der Waals surface area contributed by atoms with Gasteiger partial charge in [-0.05, 0) is 35.7 Å². The number of hydrogen-bond acceptors (Lipinski definition) is 4. The predicted molar refractivity (Wildman–Crippen MR) is 95.1 cm³/mol. The second-order valence-corrected chi connectivity index (χ2v) is 5.90. The molecule has 0 aliphatic heterocycles. The summed E-state index contributed by atoms with van der Waals surface area (Å²) in [4.78, 5) is 13.2. The van der Waals surface area contributed by atoms with E-state index in [4.69, 9.17) is 9.84 Å². The van der Waals surface area contributed by atoms with Crippen LogP contribution in [0.1, 0.15) is 16.7 Å². The van der Waals surface area contributed by atoms with Crippen LogP contribution in [0.3, 0.4) is 0 Å². The van der Waals surface area contributed by atoms with Crippen LogP contribution in [-0.2, 0) is 17.9 Å². The van der Waals surface area contributed by atoms with Gasteiger partial charge in [-0.2, -0.15) is 0 Å². The third-order valence-electron chi connectivity index (χ3n) is 3.68. The van der Waals surface area contributed by atoms with Gasteiger partial charge < -0.3 is 20.1 Å². The van der Waals surface area contributed by atoms with Gasteiger partial charge in [0, 0.05) is 20.6 Å². The summed E-state index contributed by atoms with van der Waals surface area (Å²) in [7, 11) is 3.41. The van der Waals surface area contributed by atoms with Crippen molar-refractivity contribution in [2.75, 3.05) is 26.0 Å². The van der Waals surface area contributed by atoms with Crippen LogP contribution in [-0.4, -0.2) is 36.6 Å². The van der Waals surface area contributed by atoms with Crippen molar-refractivity contribution >= 4 is 11.6 Å². The Bertz CT molecular complexity index is 682. The van der Waals surface area contributed by atoms with Crippen LogP contribution in [0.25, 0.3) is 0 Å². The Morgan fingerprint density at radius 1 is 1.12 bits per heavy atom. The first-order valence-electron chi connectivity index (χ1n) is 7.85. The maximum Gasteiger partial charge on any atom is 0.259 e. The Morgan fingerprint density at radius 3 is 2.42 bits per heavy atom. The molecule has 0 saturated carbocycles. The number of carbonyl (C=O) groups excluding carboxylic acids is 1. The summed E-state index contributed by atoms with van der Waals surface area (Å²) in [6, 6.07) is 13.6. The van der Waals surface area contributed by atoms with Crippen LogP contribution in [0, 0.1) is 6.92 Å². The maximum atomic E-state index is 11.7. The van der Waals surface area contributed by atoms with Crippen molar-refractivity contribution in [1.29, 1.82) is 0 Å². The Morgan fingerprint density at radius 2 is 1.79 bits per heavy atom. The molecule has 0 radical (unpaired) electrons. The molecule has 2 aromatic carbocycles. The molecule has 1 amide bonds. The van der Waals surface area contributed by atoms with Crippen LogP contribution >= 0.6 is 0 Å². The van der Waals surface area contributed by atoms with E-state index < -0.39 is 0 Å². The van der Waals surface area contributed by atoms with E-state index in [1.807, 2.05) is 49.4 Å². The second-order valence-electron chi connectivity index (χ2n) is 5.90. The lowest BCUT2D eigenvalue weighted by Crippen LogP contribution is -2.27. The van der Waals surface area contributed by atoms with Crippen LogP contribution in [0.15, 0.2) is 42.5 Å². The quantitative estimate of drug-likeness (QED) is 0.820. The lowest BCUT2D eigenvalue weighted by molar-refractivity contribution is -0.130. The fourth-order valence-electron chi connectivity index (χ4n) is 2.12. The van der Waals surface area contributed by atoms with Crippen LogP contribution in [0.4, 0.5) is 5.69 Å². The van der Waals surface area contributed by atoms with Crippen molar-refractivity contribution < 1.29 is 14.6 Å². The maximum absolute atomic E-state index is 11.7. The van der Waals surface area contributed by atoms with Crippen molar-refractivity contribution in [3.63, 3.8) is 0 Å². The van der Waals surface area contributed by atoms with Gasteiger partial charge in [0.15, 0.2) is 6.61 Å². The number of carbonyl (C=O) groups is 1. The molecule has 2 aromatic rings. The van der Waals surface area contributed by atoms with Gasteiger partial charge in [0.2, 0.25) is 0 Å². The van der Waals surface area contributed by atoms with Crippen molar-refractivity contribution in [1.82, 2.24) is 4.90 Å². The summed E-state index contributed by atoms with van der Waals surface area (Å²) >= 11 is 0. The lowest BCUT2D eigenvalue weighted by atomic mass is 10.1. The number of nitrogens with zero attached hydrogens (tertiary/aromatic N) is 1. The average molecular weight is 328 g/mol. The van der Waals surface area contributed by atoms with Gasteiger partial charge in [-0.15, -0.1) is 0 Å². The highest BCUT2D eigenvalue weighted by atomic mass is 16.5. The topological polar surface area (TPSA) is 61.8 Å². The molecule has 0 unspecified atom stereocenters. The van der Waals surface area contributed by atoms with E-state index in [9.17, 15) is 4.79 Å². The number of aliphatic hydroxyl groups is 1. The van der Waals surface area contributed by atoms with E-state index in [0.717, 1.165) is 22.4 Å². The minimum Gasteiger partial charge on any atom is -0.482 e. The highest BCUT2D eigenvalue weighted by Crippen LogP contribution is 2.26. The third kappa shape index (κ3) is 4.99. The highest BCUT2D eigenvalue weighted by Gasteiger charge is 2.09. The van der Waals surface area contributed by atoms with E-state index in [1.54, 1.807) is 14.1 Å². The van der Waals surface area contributed by atoms with E-state index >= 15 is 0 Å². The number of aliphatic hydroxyl groups excluding tert-OH is 1. The summed E-state index contributed by atoms with van der Waals surface area (Å²) in [6.07, 6.45) is 0. The molecule has 0 aliphatic carbocycles. The summed E-state index contributed by atoms with van der Waals surface area (Å²) in [5.41, 5.74) is 3.90. The number of nitrogens with one attached hydrogen (secondary N) is 1. The molecular formula is C19H24N2O3.